The van der Waals surface area contributed by atoms with Gasteiger partial charge in [-0.1, -0.05) is 110 Å². The molecule has 0 spiro atoms. The van der Waals surface area contributed by atoms with Gasteiger partial charge in [0.05, 0.1) is 18.8 Å². The summed E-state index contributed by atoms with van der Waals surface area (Å²) in [5.74, 6) is 3.36. The second-order valence-corrected chi connectivity index (χ2v) is 25.1. The van der Waals surface area contributed by atoms with Gasteiger partial charge in [-0.25, -0.2) is 0 Å². The zero-order valence-corrected chi connectivity index (χ0v) is 36.7. The first-order valence-corrected chi connectivity index (χ1v) is 25.0. The lowest BCUT2D eigenvalue weighted by Gasteiger charge is -2.46. The summed E-state index contributed by atoms with van der Waals surface area (Å²) in [6, 6.07) is 10.4. The third kappa shape index (κ3) is 14.4. The van der Waals surface area contributed by atoms with Gasteiger partial charge in [-0.2, -0.15) is 0 Å². The van der Waals surface area contributed by atoms with E-state index in [0.29, 0.717) is 24.4 Å². The highest BCUT2D eigenvalue weighted by molar-refractivity contribution is 8.18. The van der Waals surface area contributed by atoms with E-state index in [-0.39, 0.29) is 39.5 Å². The molecule has 1 aromatic carbocycles. The first-order valence-electron chi connectivity index (χ1n) is 20.1. The molecule has 5 nitrogen and oxygen atoms in total. The van der Waals surface area contributed by atoms with Crippen molar-refractivity contribution in [2.45, 2.75) is 179 Å². The van der Waals surface area contributed by atoms with Crippen LogP contribution in [-0.4, -0.2) is 60.9 Å². The van der Waals surface area contributed by atoms with Crippen molar-refractivity contribution in [3.8, 4) is 0 Å². The minimum absolute atomic E-state index is 0.113. The van der Waals surface area contributed by atoms with E-state index in [2.05, 4.69) is 92.4 Å². The molecule has 2 aliphatic rings. The van der Waals surface area contributed by atoms with Gasteiger partial charge in [-0.05, 0) is 97.9 Å². The predicted molar refractivity (Wildman–Crippen MR) is 223 cm³/mol. The summed E-state index contributed by atoms with van der Waals surface area (Å²) in [5.41, 5.74) is 2.49. The summed E-state index contributed by atoms with van der Waals surface area (Å²) in [6.45, 7) is 28.6. The van der Waals surface area contributed by atoms with Crippen LogP contribution in [0.3, 0.4) is 0 Å². The lowest BCUT2D eigenvalue weighted by atomic mass is 9.89. The van der Waals surface area contributed by atoms with Crippen molar-refractivity contribution in [3.63, 3.8) is 0 Å². The van der Waals surface area contributed by atoms with E-state index in [4.69, 9.17) is 18.6 Å². The number of hydrogen-bond acceptors (Lipinski definition) is 7. The molecule has 7 atom stereocenters. The lowest BCUT2D eigenvalue weighted by Crippen LogP contribution is -2.48. The number of benzene rings is 1. The van der Waals surface area contributed by atoms with Gasteiger partial charge >= 0.3 is 5.97 Å². The highest BCUT2D eigenvalue weighted by atomic mass is 32.2. The average molecular weight is 763 g/mol. The molecule has 3 rings (SSSR count). The Balaban J connectivity index is 1.57. The summed E-state index contributed by atoms with van der Waals surface area (Å²) in [7, 11) is -1.89. The van der Waals surface area contributed by atoms with Gasteiger partial charge in [0, 0.05) is 26.1 Å². The van der Waals surface area contributed by atoms with E-state index in [9.17, 15) is 4.79 Å². The number of ether oxygens (including phenoxy) is 3. The maximum absolute atomic E-state index is 12.7. The van der Waals surface area contributed by atoms with E-state index in [0.717, 1.165) is 63.1 Å². The molecule has 51 heavy (non-hydrogen) atoms. The highest BCUT2D eigenvalue weighted by Crippen LogP contribution is 2.54. The first kappa shape index (κ1) is 44.6. The molecule has 0 N–H and O–H groups in total. The van der Waals surface area contributed by atoms with Crippen molar-refractivity contribution in [1.29, 1.82) is 0 Å². The maximum Gasteiger partial charge on any atom is 0.302 e. The lowest BCUT2D eigenvalue weighted by molar-refractivity contribution is -0.149. The molecule has 2 heterocycles. The number of carbonyl (C=O) groups is 1. The molecular formula is C43H74O5S2Si. The summed E-state index contributed by atoms with van der Waals surface area (Å²) in [6.07, 6.45) is 12.0. The summed E-state index contributed by atoms with van der Waals surface area (Å²) in [5, 5.41) is 0.180. The second kappa shape index (κ2) is 21.4. The average Bonchev–Trinajstić information content (AvgIpc) is 3.40. The Morgan fingerprint density at radius 3 is 2.39 bits per heavy atom. The molecule has 0 aromatic heterocycles. The van der Waals surface area contributed by atoms with Gasteiger partial charge in [-0.3, -0.25) is 4.79 Å². The van der Waals surface area contributed by atoms with E-state index in [1.54, 1.807) is 6.92 Å². The Labute approximate surface area is 323 Å². The van der Waals surface area contributed by atoms with Crippen LogP contribution in [0.15, 0.2) is 42.5 Å². The van der Waals surface area contributed by atoms with Crippen LogP contribution in [0.5, 0.6) is 0 Å². The topological polar surface area (TPSA) is 54.0 Å². The smallest absolute Gasteiger partial charge is 0.302 e. The summed E-state index contributed by atoms with van der Waals surface area (Å²) in [4.78, 5) is 12.7. The number of unbranched alkanes of at least 4 members (excludes halogenated alkanes) is 1. The molecule has 292 valence electrons. The highest BCUT2D eigenvalue weighted by Gasteiger charge is 2.50. The normalized spacial score (nSPS) is 23.4. The molecule has 8 heteroatoms. The Morgan fingerprint density at radius 1 is 1.08 bits per heavy atom. The molecule has 0 aliphatic carbocycles. The van der Waals surface area contributed by atoms with Crippen LogP contribution in [0.4, 0.5) is 0 Å². The molecule has 2 saturated heterocycles. The minimum Gasteiger partial charge on any atom is -0.460 e. The zero-order valence-electron chi connectivity index (χ0n) is 34.1. The van der Waals surface area contributed by atoms with Gasteiger partial charge in [0.15, 0.2) is 8.32 Å². The van der Waals surface area contributed by atoms with E-state index < -0.39 is 8.32 Å². The first-order chi connectivity index (χ1) is 24.1. The maximum atomic E-state index is 12.7. The van der Waals surface area contributed by atoms with Crippen LogP contribution in [-0.2, 0) is 30.0 Å². The van der Waals surface area contributed by atoms with Crippen molar-refractivity contribution >= 4 is 37.8 Å². The largest absolute Gasteiger partial charge is 0.460 e. The third-order valence-corrected chi connectivity index (χ3v) is 19.9. The SMILES string of the molecule is C=C(C[C@@H](CCC)O[Si](C)(C)C(C)(C)C)C[C@@H](C)C1([C@@H](C[C@H]2C[C@H](C)[C@H](CCCC[C@H](C)COCc3ccccc3)O2)OC(C)=O)SCCCS1. The van der Waals surface area contributed by atoms with Gasteiger partial charge < -0.3 is 18.6 Å². The fourth-order valence-corrected chi connectivity index (χ4v) is 12.6. The van der Waals surface area contributed by atoms with Crippen molar-refractivity contribution in [3.05, 3.63) is 48.0 Å². The number of esters is 1. The molecule has 0 radical (unpaired) electrons. The monoisotopic (exact) mass is 762 g/mol. The van der Waals surface area contributed by atoms with Crippen LogP contribution in [0, 0.1) is 17.8 Å². The summed E-state index contributed by atoms with van der Waals surface area (Å²) < 4.78 is 25.8. The number of carbonyl (C=O) groups excluding carboxylic acids is 1. The van der Waals surface area contributed by atoms with Crippen molar-refractivity contribution in [1.82, 2.24) is 0 Å². The third-order valence-electron chi connectivity index (χ3n) is 11.4. The number of thioether (sulfide) groups is 2. The number of hydrogen-bond donors (Lipinski definition) is 0. The fraction of sp³-hybridized carbons (Fsp3) is 0.791. The zero-order chi connectivity index (χ0) is 37.7. The minimum atomic E-state index is -1.89. The van der Waals surface area contributed by atoms with Gasteiger partial charge in [0.2, 0.25) is 0 Å². The molecule has 2 fully saturated rings. The fourth-order valence-electron chi connectivity index (χ4n) is 7.57. The van der Waals surface area contributed by atoms with E-state index in [1.807, 2.05) is 29.6 Å². The predicted octanol–water partition coefficient (Wildman–Crippen LogP) is 12.2. The molecule has 0 saturated carbocycles. The van der Waals surface area contributed by atoms with Crippen LogP contribution in [0.2, 0.25) is 18.1 Å². The van der Waals surface area contributed by atoms with E-state index in [1.165, 1.54) is 36.8 Å². The Morgan fingerprint density at radius 2 is 1.76 bits per heavy atom. The Bertz CT molecular complexity index is 1160. The van der Waals surface area contributed by atoms with Crippen molar-refractivity contribution in [2.75, 3.05) is 18.1 Å². The van der Waals surface area contributed by atoms with Crippen LogP contribution < -0.4 is 0 Å². The molecule has 1 aromatic rings. The molecule has 0 bridgehead atoms. The van der Waals surface area contributed by atoms with Crippen LogP contribution >= 0.6 is 23.5 Å². The van der Waals surface area contributed by atoms with Gasteiger partial charge in [0.25, 0.3) is 0 Å². The Kier molecular flexibility index (Phi) is 18.7. The summed E-state index contributed by atoms with van der Waals surface area (Å²) >= 11 is 4.03. The molecular weight excluding hydrogens is 689 g/mol. The van der Waals surface area contributed by atoms with E-state index >= 15 is 0 Å². The molecule has 0 unspecified atom stereocenters. The number of rotatable bonds is 22. The van der Waals surface area contributed by atoms with Crippen molar-refractivity contribution < 1.29 is 23.4 Å². The molecule has 0 amide bonds. The van der Waals surface area contributed by atoms with Crippen molar-refractivity contribution in [2.24, 2.45) is 17.8 Å². The Hall–Kier alpha value is -0.773. The second-order valence-electron chi connectivity index (χ2n) is 17.4. The van der Waals surface area contributed by atoms with Crippen LogP contribution in [0.1, 0.15) is 132 Å². The molecule has 2 aliphatic heterocycles. The van der Waals surface area contributed by atoms with Gasteiger partial charge in [0.1, 0.15) is 10.2 Å². The standard InChI is InChI=1S/C43H74O5S2Si/c1-12-19-38(48-51(10,11)42(7,8)9)27-33(3)26-35(5)43(49-24-18-25-50-43)41(46-36(6)44)29-39-28-34(4)40(47-39)23-17-16-20-32(2)30-45-31-37-21-14-13-15-22-37/h13-15,21-22,32,34-35,38-41H,3,12,16-20,23-31H2,1-2,4-11H3/t32-,34-,35+,38+,39+,40-,41+/m0/s1. The quantitative estimate of drug-likeness (QED) is 0.0504. The van der Waals surface area contributed by atoms with Crippen LogP contribution in [0.25, 0.3) is 0 Å². The van der Waals surface area contributed by atoms with Gasteiger partial charge in [-0.15, -0.1) is 23.5 Å².